The molecule has 0 amide bonds. The molecule has 0 saturated heterocycles. The summed E-state index contributed by atoms with van der Waals surface area (Å²) in [7, 11) is 1.50. The van der Waals surface area contributed by atoms with Crippen LogP contribution in [0.2, 0.25) is 0 Å². The van der Waals surface area contributed by atoms with Gasteiger partial charge in [-0.25, -0.2) is 18.7 Å². The highest BCUT2D eigenvalue weighted by atomic mass is 32.1. The van der Waals surface area contributed by atoms with Gasteiger partial charge in [-0.2, -0.15) is 31.6 Å². The maximum Gasteiger partial charge on any atom is 0.416 e. The Labute approximate surface area is 334 Å². The van der Waals surface area contributed by atoms with Crippen LogP contribution in [0, 0.1) is 36.8 Å². The lowest BCUT2D eigenvalue weighted by atomic mass is 10.1. The van der Waals surface area contributed by atoms with Crippen molar-refractivity contribution in [2.75, 3.05) is 7.05 Å². The van der Waals surface area contributed by atoms with Crippen molar-refractivity contribution in [2.45, 2.75) is 39.4 Å². The number of aryl methyl sites for hydroxylation is 2. The van der Waals surface area contributed by atoms with Gasteiger partial charge in [0.25, 0.3) is 0 Å². The minimum Gasteiger partial charge on any atom is -0.488 e. The predicted octanol–water partition coefficient (Wildman–Crippen LogP) is 10.3. The predicted molar refractivity (Wildman–Crippen MR) is 203 cm³/mol. The number of nitrogens with two attached hydrogens (primary N) is 2. The first-order valence-corrected chi connectivity index (χ1v) is 18.2. The molecule has 6 aromatic rings. The number of alkyl halides is 6. The van der Waals surface area contributed by atoms with E-state index < -0.39 is 35.1 Å². The molecule has 6 rings (SSSR count). The summed E-state index contributed by atoms with van der Waals surface area (Å²) in [5, 5.41) is 21.2. The lowest BCUT2D eigenvalue weighted by molar-refractivity contribution is -0.138. The van der Waals surface area contributed by atoms with Gasteiger partial charge >= 0.3 is 12.4 Å². The van der Waals surface area contributed by atoms with Gasteiger partial charge in [-0.15, -0.1) is 22.7 Å². The SMILES string of the molecule is CN.Cc1nc(-c2ccc(C(F)(F)F)cc2)sc1COc1ccc(C#N)c(F)c1.Cc1nc(-c2ccc(C(F)(F)F)cc2)sc1COc1ccc(C(N)=NO)c(F)c1. The van der Waals surface area contributed by atoms with Crippen molar-refractivity contribution in [3.63, 3.8) is 0 Å². The Morgan fingerprint density at radius 1 is 0.707 bits per heavy atom. The second-order valence-corrected chi connectivity index (χ2v) is 13.8. The molecule has 0 spiro atoms. The fourth-order valence-corrected chi connectivity index (χ4v) is 6.76. The summed E-state index contributed by atoms with van der Waals surface area (Å²) in [6, 6.07) is 19.1. The summed E-state index contributed by atoms with van der Waals surface area (Å²) in [5.74, 6) is -1.21. The Morgan fingerprint density at radius 3 is 1.48 bits per heavy atom. The minimum absolute atomic E-state index is 0.0570. The summed E-state index contributed by atoms with van der Waals surface area (Å²) in [4.78, 5) is 10.3. The van der Waals surface area contributed by atoms with E-state index in [0.29, 0.717) is 32.5 Å². The second-order valence-electron chi connectivity index (χ2n) is 11.7. The maximum absolute atomic E-state index is 14.0. The number of oxime groups is 1. The number of nitrogens with zero attached hydrogens (tertiary/aromatic N) is 4. The van der Waals surface area contributed by atoms with E-state index in [1.54, 1.807) is 19.9 Å². The highest BCUT2D eigenvalue weighted by molar-refractivity contribution is 7.15. The maximum atomic E-state index is 14.0. The highest BCUT2D eigenvalue weighted by Gasteiger charge is 2.31. The molecule has 0 aliphatic heterocycles. The third-order valence-corrected chi connectivity index (χ3v) is 10.2. The fraction of sp³-hybridized carbons (Fsp3) is 0.179. The summed E-state index contributed by atoms with van der Waals surface area (Å²) < 4.78 is 115. The van der Waals surface area contributed by atoms with Crippen LogP contribution >= 0.6 is 22.7 Å². The Balaban J connectivity index is 0.000000247. The monoisotopic (exact) mass is 848 g/mol. The van der Waals surface area contributed by atoms with Gasteiger partial charge in [-0.05, 0) is 69.4 Å². The number of hydrogen-bond donors (Lipinski definition) is 3. The smallest absolute Gasteiger partial charge is 0.416 e. The number of amidine groups is 1. The van der Waals surface area contributed by atoms with Crippen molar-refractivity contribution in [3.05, 3.63) is 140 Å². The first-order valence-electron chi connectivity index (χ1n) is 16.5. The Morgan fingerprint density at radius 2 is 1.12 bits per heavy atom. The molecule has 0 fully saturated rings. The third kappa shape index (κ3) is 11.5. The zero-order valence-electron chi connectivity index (χ0n) is 30.5. The fourth-order valence-electron chi connectivity index (χ4n) is 4.80. The van der Waals surface area contributed by atoms with E-state index in [-0.39, 0.29) is 41.7 Å². The zero-order valence-corrected chi connectivity index (χ0v) is 32.2. The van der Waals surface area contributed by atoms with Gasteiger partial charge in [0.05, 0.1) is 43.4 Å². The molecule has 304 valence electrons. The van der Waals surface area contributed by atoms with Crippen molar-refractivity contribution in [1.82, 2.24) is 9.97 Å². The molecule has 5 N–H and O–H groups in total. The molecule has 9 nitrogen and oxygen atoms in total. The van der Waals surface area contributed by atoms with Gasteiger partial charge in [0.1, 0.15) is 52.4 Å². The van der Waals surface area contributed by atoms with Crippen molar-refractivity contribution in [1.29, 1.82) is 5.26 Å². The second kappa shape index (κ2) is 19.4. The number of rotatable bonds is 9. The average molecular weight is 849 g/mol. The van der Waals surface area contributed by atoms with E-state index in [1.165, 1.54) is 78.3 Å². The first-order chi connectivity index (χ1) is 27.5. The molecule has 0 aliphatic rings. The number of halogens is 8. The largest absolute Gasteiger partial charge is 0.488 e. The normalized spacial score (nSPS) is 11.5. The lowest BCUT2D eigenvalue weighted by Gasteiger charge is -2.07. The van der Waals surface area contributed by atoms with E-state index in [2.05, 4.69) is 20.9 Å². The van der Waals surface area contributed by atoms with Crippen LogP contribution < -0.4 is 20.9 Å². The van der Waals surface area contributed by atoms with Gasteiger partial charge in [-0.1, -0.05) is 29.4 Å². The average Bonchev–Trinajstić information content (AvgIpc) is 3.77. The van der Waals surface area contributed by atoms with Crippen molar-refractivity contribution in [3.8, 4) is 38.7 Å². The van der Waals surface area contributed by atoms with Crippen LogP contribution in [0.3, 0.4) is 0 Å². The molecular formula is C39H32F8N6O3S2. The number of hydrogen-bond acceptors (Lipinski definition) is 10. The standard InChI is InChI=1S/C19H15F4N3O2S.C19H12F4N2OS.CH5N/c1-10-16(9-28-13-6-7-14(15(20)8-13)17(24)26-27)29-18(25-10)11-2-4-12(5-3-11)19(21,22)23;1-11-17(10-26-15-7-4-13(9-24)16(20)8-15)27-18(25-11)12-2-5-14(6-3-12)19(21,22)23;1-2/h2-8,27H,9H2,1H3,(H2,24,26);2-8H,10H2,1H3;2H2,1H3. The van der Waals surface area contributed by atoms with Crippen LogP contribution in [0.15, 0.2) is 90.1 Å². The molecule has 58 heavy (non-hydrogen) atoms. The van der Waals surface area contributed by atoms with Crippen LogP contribution in [0.1, 0.15) is 43.4 Å². The molecule has 19 heteroatoms. The quantitative estimate of drug-likeness (QED) is 0.0427. The van der Waals surface area contributed by atoms with Crippen LogP contribution in [-0.2, 0) is 25.6 Å². The molecule has 0 aliphatic carbocycles. The Kier molecular flexibility index (Phi) is 14.9. The third-order valence-electron chi connectivity index (χ3n) is 7.83. The van der Waals surface area contributed by atoms with Crippen LogP contribution in [0.25, 0.3) is 21.1 Å². The molecule has 4 aromatic carbocycles. The molecule has 0 radical (unpaired) electrons. The zero-order chi connectivity index (χ0) is 42.8. The molecule has 0 bridgehead atoms. The highest BCUT2D eigenvalue weighted by Crippen LogP contribution is 2.35. The topological polar surface area (TPSA) is 153 Å². The first kappa shape index (κ1) is 44.6. The number of thiazole rings is 2. The molecule has 2 heterocycles. The van der Waals surface area contributed by atoms with E-state index in [4.69, 9.17) is 25.7 Å². The minimum atomic E-state index is -4.39. The van der Waals surface area contributed by atoms with Crippen LogP contribution in [-0.4, -0.2) is 28.1 Å². The summed E-state index contributed by atoms with van der Waals surface area (Å²) >= 11 is 2.57. The van der Waals surface area contributed by atoms with Crippen molar-refractivity contribution in [2.24, 2.45) is 16.6 Å². The lowest BCUT2D eigenvalue weighted by Crippen LogP contribution is -2.15. The molecule has 0 atom stereocenters. The van der Waals surface area contributed by atoms with Gasteiger partial charge in [0, 0.05) is 23.3 Å². The number of aromatic nitrogens is 2. The molecule has 0 unspecified atom stereocenters. The Bertz CT molecular complexity index is 2390. The molecular weight excluding hydrogens is 817 g/mol. The van der Waals surface area contributed by atoms with Crippen LogP contribution in [0.4, 0.5) is 35.1 Å². The Hall–Kier alpha value is -6.10. The molecule has 2 aromatic heterocycles. The van der Waals surface area contributed by atoms with Gasteiger partial charge < -0.3 is 26.1 Å². The summed E-state index contributed by atoms with van der Waals surface area (Å²) in [6.07, 6.45) is -8.78. The number of benzene rings is 4. The van der Waals surface area contributed by atoms with Crippen molar-refractivity contribution < 1.29 is 49.8 Å². The van der Waals surface area contributed by atoms with Gasteiger partial charge in [0.2, 0.25) is 0 Å². The van der Waals surface area contributed by atoms with Gasteiger partial charge in [0.15, 0.2) is 5.84 Å². The number of ether oxygens (including phenoxy) is 2. The van der Waals surface area contributed by atoms with Gasteiger partial charge in [-0.3, -0.25) is 0 Å². The van der Waals surface area contributed by atoms with Crippen molar-refractivity contribution >= 4 is 28.5 Å². The van der Waals surface area contributed by atoms with E-state index in [9.17, 15) is 35.1 Å². The molecule has 0 saturated carbocycles. The number of nitriles is 1. The van der Waals surface area contributed by atoms with E-state index in [1.807, 2.05) is 0 Å². The van der Waals surface area contributed by atoms with E-state index >= 15 is 0 Å². The van der Waals surface area contributed by atoms with E-state index in [0.717, 1.165) is 46.2 Å². The summed E-state index contributed by atoms with van der Waals surface area (Å²) in [6.45, 7) is 3.76. The summed E-state index contributed by atoms with van der Waals surface area (Å²) in [5.41, 5.74) is 10.8. The van der Waals surface area contributed by atoms with Crippen LogP contribution in [0.5, 0.6) is 11.5 Å².